The molecule has 0 aliphatic rings. The Bertz CT molecular complexity index is 718. The molecule has 0 saturated heterocycles. The van der Waals surface area contributed by atoms with Gasteiger partial charge in [0.1, 0.15) is 4.87 Å². The first-order valence-corrected chi connectivity index (χ1v) is 8.17. The molecule has 0 aliphatic carbocycles. The maximum Gasteiger partial charge on any atom is 0.247 e. The van der Waals surface area contributed by atoms with Gasteiger partial charge in [0.05, 0.1) is 22.8 Å². The summed E-state index contributed by atoms with van der Waals surface area (Å²) in [6, 6.07) is 1.55. The van der Waals surface area contributed by atoms with Crippen LogP contribution in [-0.2, 0) is 14.7 Å². The van der Waals surface area contributed by atoms with Gasteiger partial charge in [0.2, 0.25) is 15.0 Å². The van der Waals surface area contributed by atoms with Crippen LogP contribution >= 0.6 is 11.6 Å². The normalized spacial score (nSPS) is 16.2. The fraction of sp³-hybridized carbons (Fsp3) is 0.385. The molecule has 112 valence electrons. The lowest BCUT2D eigenvalue weighted by Gasteiger charge is -2.27. The summed E-state index contributed by atoms with van der Waals surface area (Å²) in [5, 5.41) is -1.21. The van der Waals surface area contributed by atoms with E-state index in [1.165, 1.54) is 25.5 Å². The van der Waals surface area contributed by atoms with Crippen LogP contribution in [-0.4, -0.2) is 33.6 Å². The molecular formula is C13H15ClN4O2S. The molecule has 0 fully saturated rings. The molecule has 0 radical (unpaired) electrons. The maximum absolute atomic E-state index is 12.6. The molecule has 2 unspecified atom stereocenters. The molecule has 2 heterocycles. The predicted octanol–water partition coefficient (Wildman–Crippen LogP) is 1.89. The summed E-state index contributed by atoms with van der Waals surface area (Å²) in [7, 11) is -3.78. The average Bonchev–Trinajstić information content (AvgIpc) is 2.47. The second-order valence-corrected chi connectivity index (χ2v) is 7.78. The van der Waals surface area contributed by atoms with Gasteiger partial charge < -0.3 is 0 Å². The minimum Gasteiger partial charge on any atom is -0.258 e. The van der Waals surface area contributed by atoms with Crippen molar-refractivity contribution in [3.05, 3.63) is 42.2 Å². The van der Waals surface area contributed by atoms with E-state index in [4.69, 9.17) is 11.6 Å². The van der Waals surface area contributed by atoms with E-state index in [9.17, 15) is 8.42 Å². The van der Waals surface area contributed by atoms with Crippen molar-refractivity contribution in [2.24, 2.45) is 0 Å². The number of hydrogen-bond donors (Lipinski definition) is 0. The highest BCUT2D eigenvalue weighted by Crippen LogP contribution is 2.36. The van der Waals surface area contributed by atoms with Crippen molar-refractivity contribution in [3.63, 3.8) is 0 Å². The van der Waals surface area contributed by atoms with Gasteiger partial charge in [0, 0.05) is 18.6 Å². The summed E-state index contributed by atoms with van der Waals surface area (Å²) in [5.41, 5.74) is 1.12. The number of rotatable bonds is 4. The lowest BCUT2D eigenvalue weighted by Crippen LogP contribution is -2.37. The maximum atomic E-state index is 12.6. The zero-order valence-electron chi connectivity index (χ0n) is 11.9. The van der Waals surface area contributed by atoms with E-state index in [0.717, 1.165) is 5.69 Å². The van der Waals surface area contributed by atoms with Crippen LogP contribution in [0, 0.1) is 6.92 Å². The second kappa shape index (κ2) is 5.65. The zero-order valence-corrected chi connectivity index (χ0v) is 13.4. The van der Waals surface area contributed by atoms with Crippen LogP contribution < -0.4 is 0 Å². The van der Waals surface area contributed by atoms with Crippen LogP contribution in [0.15, 0.2) is 36.0 Å². The monoisotopic (exact) mass is 326 g/mol. The molecule has 0 amide bonds. The third-order valence-corrected chi connectivity index (χ3v) is 6.08. The standard InChI is InChI=1S/C13H15ClN4O2S/c1-9-7-18-11(8-17-9)13(3,14)10(2)21(19,20)12-15-5-4-6-16-12/h4-8,10H,1-3H3. The lowest BCUT2D eigenvalue weighted by molar-refractivity contribution is 0.539. The molecule has 2 rings (SSSR count). The Morgan fingerprint density at radius 1 is 1.14 bits per heavy atom. The first kappa shape index (κ1) is 15.8. The number of halogens is 1. The fourth-order valence-corrected chi connectivity index (χ4v) is 3.62. The van der Waals surface area contributed by atoms with E-state index in [2.05, 4.69) is 19.9 Å². The first-order chi connectivity index (χ1) is 9.76. The van der Waals surface area contributed by atoms with Gasteiger partial charge in [-0.15, -0.1) is 11.6 Å². The number of hydrogen-bond acceptors (Lipinski definition) is 6. The number of alkyl halides is 1. The van der Waals surface area contributed by atoms with Gasteiger partial charge in [0.15, 0.2) is 0 Å². The Hall–Kier alpha value is -1.60. The quantitative estimate of drug-likeness (QED) is 0.630. The van der Waals surface area contributed by atoms with Crippen LogP contribution in [0.25, 0.3) is 0 Å². The van der Waals surface area contributed by atoms with Gasteiger partial charge in [-0.1, -0.05) is 0 Å². The van der Waals surface area contributed by atoms with Crippen LogP contribution in [0.1, 0.15) is 25.2 Å². The van der Waals surface area contributed by atoms with Crippen molar-refractivity contribution < 1.29 is 8.42 Å². The number of aryl methyl sites for hydroxylation is 1. The summed E-state index contributed by atoms with van der Waals surface area (Å²) in [4.78, 5) is 14.6. The van der Waals surface area contributed by atoms with Crippen LogP contribution in [0.5, 0.6) is 0 Å². The van der Waals surface area contributed by atoms with Crippen molar-refractivity contribution in [1.82, 2.24) is 19.9 Å². The highest BCUT2D eigenvalue weighted by molar-refractivity contribution is 7.92. The molecule has 8 heteroatoms. The number of nitrogens with zero attached hydrogens (tertiary/aromatic N) is 4. The molecule has 0 aromatic carbocycles. The number of aromatic nitrogens is 4. The van der Waals surface area contributed by atoms with Gasteiger partial charge in [-0.25, -0.2) is 18.4 Å². The first-order valence-electron chi connectivity index (χ1n) is 6.25. The molecule has 21 heavy (non-hydrogen) atoms. The van der Waals surface area contributed by atoms with Gasteiger partial charge in [-0.3, -0.25) is 9.97 Å². The molecule has 0 saturated carbocycles. The van der Waals surface area contributed by atoms with Gasteiger partial charge in [-0.05, 0) is 26.8 Å². The molecule has 2 aromatic rings. The summed E-state index contributed by atoms with van der Waals surface area (Å²) in [5.74, 6) is 0. The predicted molar refractivity (Wildman–Crippen MR) is 78.7 cm³/mol. The van der Waals surface area contributed by atoms with Crippen LogP contribution in [0.4, 0.5) is 0 Å². The van der Waals surface area contributed by atoms with E-state index in [-0.39, 0.29) is 5.16 Å². The molecule has 0 spiro atoms. The third-order valence-electron chi connectivity index (χ3n) is 3.31. The Morgan fingerprint density at radius 2 is 1.76 bits per heavy atom. The molecule has 6 nitrogen and oxygen atoms in total. The Kier molecular flexibility index (Phi) is 4.25. The smallest absolute Gasteiger partial charge is 0.247 e. The SMILES string of the molecule is Cc1cnc(C(C)(Cl)C(C)S(=O)(=O)c2ncccn2)cn1. The van der Waals surface area contributed by atoms with E-state index >= 15 is 0 Å². The summed E-state index contributed by atoms with van der Waals surface area (Å²) >= 11 is 6.46. The second-order valence-electron chi connectivity index (χ2n) is 4.84. The van der Waals surface area contributed by atoms with Crippen molar-refractivity contribution >= 4 is 21.4 Å². The van der Waals surface area contributed by atoms with Gasteiger partial charge in [0.25, 0.3) is 0 Å². The molecule has 0 bridgehead atoms. The van der Waals surface area contributed by atoms with Crippen molar-refractivity contribution in [3.8, 4) is 0 Å². The highest BCUT2D eigenvalue weighted by atomic mass is 35.5. The van der Waals surface area contributed by atoms with Gasteiger partial charge >= 0.3 is 0 Å². The largest absolute Gasteiger partial charge is 0.258 e. The van der Waals surface area contributed by atoms with E-state index in [1.54, 1.807) is 26.1 Å². The lowest BCUT2D eigenvalue weighted by atomic mass is 10.0. The minimum atomic E-state index is -3.78. The average molecular weight is 327 g/mol. The molecule has 2 atom stereocenters. The van der Waals surface area contributed by atoms with Crippen LogP contribution in [0.3, 0.4) is 0 Å². The van der Waals surface area contributed by atoms with Crippen LogP contribution in [0.2, 0.25) is 0 Å². The Morgan fingerprint density at radius 3 is 2.29 bits per heavy atom. The number of sulfone groups is 1. The topological polar surface area (TPSA) is 85.7 Å². The van der Waals surface area contributed by atoms with Crippen molar-refractivity contribution in [2.45, 2.75) is 36.1 Å². The summed E-state index contributed by atoms with van der Waals surface area (Å²) < 4.78 is 25.1. The third kappa shape index (κ3) is 3.03. The van der Waals surface area contributed by atoms with Gasteiger partial charge in [-0.2, -0.15) is 0 Å². The highest BCUT2D eigenvalue weighted by Gasteiger charge is 2.42. The summed E-state index contributed by atoms with van der Waals surface area (Å²) in [6.07, 6.45) is 5.79. The fourth-order valence-electron chi connectivity index (χ4n) is 1.74. The summed E-state index contributed by atoms with van der Waals surface area (Å²) in [6.45, 7) is 4.90. The Balaban J connectivity index is 2.42. The van der Waals surface area contributed by atoms with Crippen molar-refractivity contribution in [2.75, 3.05) is 0 Å². The van der Waals surface area contributed by atoms with E-state index < -0.39 is 20.0 Å². The molecule has 2 aromatic heterocycles. The Labute approximate surface area is 128 Å². The molecule has 0 aliphatic heterocycles. The minimum absolute atomic E-state index is 0.246. The zero-order chi connectivity index (χ0) is 15.7. The molecule has 0 N–H and O–H groups in total. The van der Waals surface area contributed by atoms with E-state index in [1.807, 2.05) is 0 Å². The van der Waals surface area contributed by atoms with Crippen molar-refractivity contribution in [1.29, 1.82) is 0 Å². The molecular weight excluding hydrogens is 312 g/mol. The van der Waals surface area contributed by atoms with E-state index in [0.29, 0.717) is 5.69 Å².